The summed E-state index contributed by atoms with van der Waals surface area (Å²) in [5.74, 6) is 3.39. The lowest BCUT2D eigenvalue weighted by Crippen LogP contribution is -2.48. The van der Waals surface area contributed by atoms with Crippen molar-refractivity contribution in [3.8, 4) is 0 Å². The molecule has 1 rings (SSSR count). The van der Waals surface area contributed by atoms with E-state index in [1.54, 1.807) is 0 Å². The molecular formula is C7H12N2O4. The van der Waals surface area contributed by atoms with Crippen molar-refractivity contribution in [3.05, 3.63) is 11.8 Å². The van der Waals surface area contributed by atoms with Crippen LogP contribution in [-0.2, 0) is 9.63 Å². The highest BCUT2D eigenvalue weighted by molar-refractivity contribution is 5.73. The van der Waals surface area contributed by atoms with E-state index in [0.717, 1.165) is 6.26 Å². The number of hydroxylamine groups is 1. The van der Waals surface area contributed by atoms with E-state index in [-0.39, 0.29) is 5.57 Å². The van der Waals surface area contributed by atoms with Crippen molar-refractivity contribution in [2.75, 3.05) is 0 Å². The maximum Gasteiger partial charge on any atom is 0.310 e. The van der Waals surface area contributed by atoms with E-state index in [0.29, 0.717) is 5.17 Å². The van der Waals surface area contributed by atoms with Gasteiger partial charge in [0, 0.05) is 5.57 Å². The predicted octanol–water partition coefficient (Wildman–Crippen LogP) is -0.580. The summed E-state index contributed by atoms with van der Waals surface area (Å²) in [6.07, 6.45) is 1.15. The SMILES string of the molecule is CC(C(=O)O)C1=CON(N)C1(C)O. The summed E-state index contributed by atoms with van der Waals surface area (Å²) in [5.41, 5.74) is -1.33. The fraction of sp³-hybridized carbons (Fsp3) is 0.571. The van der Waals surface area contributed by atoms with E-state index < -0.39 is 17.6 Å². The van der Waals surface area contributed by atoms with Crippen LogP contribution in [0.25, 0.3) is 0 Å². The highest BCUT2D eigenvalue weighted by Gasteiger charge is 2.43. The molecule has 1 aliphatic rings. The van der Waals surface area contributed by atoms with Crippen LogP contribution in [0, 0.1) is 5.92 Å². The van der Waals surface area contributed by atoms with Gasteiger partial charge in [0.05, 0.1) is 5.92 Å². The lowest BCUT2D eigenvalue weighted by Gasteiger charge is -2.26. The number of carboxylic acid groups (broad SMARTS) is 1. The topological polar surface area (TPSA) is 96.0 Å². The monoisotopic (exact) mass is 188 g/mol. The van der Waals surface area contributed by atoms with Gasteiger partial charge in [0.25, 0.3) is 0 Å². The number of aliphatic hydroxyl groups is 1. The fourth-order valence-corrected chi connectivity index (χ4v) is 1.10. The summed E-state index contributed by atoms with van der Waals surface area (Å²) in [7, 11) is 0. The van der Waals surface area contributed by atoms with Crippen molar-refractivity contribution in [1.29, 1.82) is 0 Å². The Balaban J connectivity index is 2.89. The summed E-state index contributed by atoms with van der Waals surface area (Å²) in [6, 6.07) is 0. The molecule has 0 saturated carbocycles. The van der Waals surface area contributed by atoms with Crippen molar-refractivity contribution >= 4 is 5.97 Å². The van der Waals surface area contributed by atoms with E-state index >= 15 is 0 Å². The molecule has 0 radical (unpaired) electrons. The zero-order valence-corrected chi connectivity index (χ0v) is 7.39. The summed E-state index contributed by atoms with van der Waals surface area (Å²) in [6.45, 7) is 2.82. The largest absolute Gasteiger partial charge is 0.481 e. The normalized spacial score (nSPS) is 30.9. The molecule has 2 atom stereocenters. The molecule has 4 N–H and O–H groups in total. The van der Waals surface area contributed by atoms with Crippen molar-refractivity contribution < 1.29 is 19.8 Å². The molecule has 0 bridgehead atoms. The first-order chi connectivity index (χ1) is 5.87. The molecular weight excluding hydrogens is 176 g/mol. The lowest BCUT2D eigenvalue weighted by atomic mass is 9.94. The van der Waals surface area contributed by atoms with Gasteiger partial charge in [0.2, 0.25) is 0 Å². The number of hydrogen-bond donors (Lipinski definition) is 3. The number of carboxylic acids is 1. The molecule has 1 aliphatic heterocycles. The van der Waals surface area contributed by atoms with Crippen LogP contribution in [0.2, 0.25) is 0 Å². The van der Waals surface area contributed by atoms with Gasteiger partial charge in [-0.15, -0.1) is 0 Å². The average Bonchev–Trinajstić information content (AvgIpc) is 2.26. The van der Waals surface area contributed by atoms with Gasteiger partial charge < -0.3 is 15.1 Å². The minimum absolute atomic E-state index is 0.225. The average molecular weight is 188 g/mol. The van der Waals surface area contributed by atoms with Crippen LogP contribution in [0.3, 0.4) is 0 Å². The predicted molar refractivity (Wildman–Crippen MR) is 42.6 cm³/mol. The number of rotatable bonds is 2. The Morgan fingerprint density at radius 3 is 2.69 bits per heavy atom. The van der Waals surface area contributed by atoms with Crippen molar-refractivity contribution in [1.82, 2.24) is 5.17 Å². The van der Waals surface area contributed by atoms with Crippen molar-refractivity contribution in [2.45, 2.75) is 19.6 Å². The molecule has 13 heavy (non-hydrogen) atoms. The van der Waals surface area contributed by atoms with E-state index in [1.165, 1.54) is 13.8 Å². The Morgan fingerprint density at radius 1 is 1.85 bits per heavy atom. The van der Waals surface area contributed by atoms with Crippen LogP contribution < -0.4 is 5.84 Å². The minimum atomic E-state index is -1.56. The third-order valence-electron chi connectivity index (χ3n) is 2.11. The smallest absolute Gasteiger partial charge is 0.310 e. The first-order valence-electron chi connectivity index (χ1n) is 3.74. The molecule has 0 aromatic carbocycles. The Bertz CT molecular complexity index is 261. The van der Waals surface area contributed by atoms with Crippen LogP contribution in [0.4, 0.5) is 0 Å². The Labute approximate surface area is 75.1 Å². The standard InChI is InChI=1S/C7H12N2O4/c1-4(6(10)11)5-3-13-9(8)7(5,2)12/h3-4,12H,8H2,1-2H3,(H,10,11). The van der Waals surface area contributed by atoms with Gasteiger partial charge in [-0.25, -0.2) is 5.84 Å². The van der Waals surface area contributed by atoms with Crippen LogP contribution >= 0.6 is 0 Å². The number of hydrogen-bond acceptors (Lipinski definition) is 5. The molecule has 0 spiro atoms. The number of hydrazine groups is 1. The molecule has 0 saturated heterocycles. The van der Waals surface area contributed by atoms with E-state index in [1.807, 2.05) is 0 Å². The van der Waals surface area contributed by atoms with Gasteiger partial charge in [-0.05, 0) is 19.0 Å². The first-order valence-corrected chi connectivity index (χ1v) is 3.74. The number of nitrogens with zero attached hydrogens (tertiary/aromatic N) is 1. The highest BCUT2D eigenvalue weighted by atomic mass is 16.7. The molecule has 6 nitrogen and oxygen atoms in total. The van der Waals surface area contributed by atoms with Gasteiger partial charge in [-0.1, -0.05) is 0 Å². The zero-order valence-electron chi connectivity index (χ0n) is 7.39. The third kappa shape index (κ3) is 1.51. The van der Waals surface area contributed by atoms with Crippen molar-refractivity contribution in [2.24, 2.45) is 11.8 Å². The summed E-state index contributed by atoms with van der Waals surface area (Å²) >= 11 is 0. The second kappa shape index (κ2) is 2.99. The lowest BCUT2D eigenvalue weighted by molar-refractivity contribution is -0.220. The molecule has 0 aromatic heterocycles. The van der Waals surface area contributed by atoms with Gasteiger partial charge in [-0.2, -0.15) is 0 Å². The van der Waals surface area contributed by atoms with E-state index in [9.17, 15) is 9.90 Å². The zero-order chi connectivity index (χ0) is 10.2. The van der Waals surface area contributed by atoms with Crippen LogP contribution in [0.1, 0.15) is 13.8 Å². The van der Waals surface area contributed by atoms with Gasteiger partial charge in [-0.3, -0.25) is 4.79 Å². The number of carbonyl (C=O) groups is 1. The van der Waals surface area contributed by atoms with Crippen LogP contribution in [0.5, 0.6) is 0 Å². The summed E-state index contributed by atoms with van der Waals surface area (Å²) in [4.78, 5) is 15.3. The molecule has 0 aromatic rings. The van der Waals surface area contributed by atoms with Crippen LogP contribution in [-0.4, -0.2) is 27.1 Å². The highest BCUT2D eigenvalue weighted by Crippen LogP contribution is 2.31. The molecule has 0 aliphatic carbocycles. The molecule has 0 fully saturated rings. The van der Waals surface area contributed by atoms with Gasteiger partial charge >= 0.3 is 5.97 Å². The maximum absolute atomic E-state index is 10.6. The second-order valence-corrected chi connectivity index (χ2v) is 3.09. The van der Waals surface area contributed by atoms with E-state index in [4.69, 9.17) is 10.9 Å². The maximum atomic E-state index is 10.6. The van der Waals surface area contributed by atoms with Gasteiger partial charge in [0.15, 0.2) is 5.72 Å². The van der Waals surface area contributed by atoms with Gasteiger partial charge in [0.1, 0.15) is 6.26 Å². The van der Waals surface area contributed by atoms with Crippen LogP contribution in [0.15, 0.2) is 11.8 Å². The Kier molecular flexibility index (Phi) is 2.29. The molecule has 1 heterocycles. The Hall–Kier alpha value is -1.11. The Morgan fingerprint density at radius 2 is 2.38 bits per heavy atom. The second-order valence-electron chi connectivity index (χ2n) is 3.09. The molecule has 74 valence electrons. The molecule has 2 unspecified atom stereocenters. The number of aliphatic carboxylic acids is 1. The third-order valence-corrected chi connectivity index (χ3v) is 2.11. The first kappa shape index (κ1) is 9.97. The quantitative estimate of drug-likeness (QED) is 0.502. The fourth-order valence-electron chi connectivity index (χ4n) is 1.10. The number of nitrogens with two attached hydrogens (primary N) is 1. The van der Waals surface area contributed by atoms with Crippen molar-refractivity contribution in [3.63, 3.8) is 0 Å². The molecule has 6 heteroatoms. The van der Waals surface area contributed by atoms with E-state index in [2.05, 4.69) is 4.84 Å². The molecule has 0 amide bonds. The summed E-state index contributed by atoms with van der Waals surface area (Å²) in [5, 5.41) is 19.1. The summed E-state index contributed by atoms with van der Waals surface area (Å²) < 4.78 is 0. The minimum Gasteiger partial charge on any atom is -0.481 e.